The third-order valence-electron chi connectivity index (χ3n) is 6.62. The number of allylic oxidation sites excluding steroid dienone is 1. The van der Waals surface area contributed by atoms with Gasteiger partial charge in [-0.15, -0.1) is 0 Å². The third-order valence-corrected chi connectivity index (χ3v) is 7.94. The van der Waals surface area contributed by atoms with E-state index < -0.39 is 18.0 Å². The van der Waals surface area contributed by atoms with Crippen LogP contribution in [0.3, 0.4) is 0 Å². The fourth-order valence-electron chi connectivity index (χ4n) is 4.62. The number of nitrogens with zero attached hydrogens (tertiary/aromatic N) is 3. The molecule has 41 heavy (non-hydrogen) atoms. The van der Waals surface area contributed by atoms with Gasteiger partial charge in [0.15, 0.2) is 4.80 Å². The average molecular weight is 592 g/mol. The SMILES string of the molecule is CCOC(=O)C1=C(C)N=c2s/c(=C\c3ccc(-c4ccc(Cl)c(C(=O)O)c4)o3)c(=O)n2[C@H]1c1ccc(N(C)C)cc1. The summed E-state index contributed by atoms with van der Waals surface area (Å²) in [6, 6.07) is 14.9. The topological polar surface area (TPSA) is 114 Å². The van der Waals surface area contributed by atoms with Crippen LogP contribution in [0.2, 0.25) is 5.02 Å². The van der Waals surface area contributed by atoms with Gasteiger partial charge in [0.25, 0.3) is 5.56 Å². The van der Waals surface area contributed by atoms with Crippen LogP contribution < -0.4 is 19.8 Å². The highest BCUT2D eigenvalue weighted by atomic mass is 35.5. The minimum atomic E-state index is -1.15. The Bertz CT molecular complexity index is 1880. The van der Waals surface area contributed by atoms with Crippen LogP contribution in [0.25, 0.3) is 17.4 Å². The molecular formula is C30H26ClN3O6S. The molecular weight excluding hydrogens is 566 g/mol. The Labute approximate surface area is 243 Å². The van der Waals surface area contributed by atoms with E-state index in [4.69, 9.17) is 20.8 Å². The number of carboxylic acids is 1. The number of thiazole rings is 1. The van der Waals surface area contributed by atoms with Gasteiger partial charge in [-0.3, -0.25) is 9.36 Å². The molecule has 0 fully saturated rings. The summed E-state index contributed by atoms with van der Waals surface area (Å²) in [7, 11) is 3.87. The fraction of sp³-hybridized carbons (Fsp3) is 0.200. The number of furan rings is 1. The molecule has 0 aliphatic carbocycles. The Balaban J connectivity index is 1.61. The Morgan fingerprint density at radius 2 is 1.90 bits per heavy atom. The average Bonchev–Trinajstić information content (AvgIpc) is 3.52. The first kappa shape index (κ1) is 28.1. The first-order chi connectivity index (χ1) is 19.6. The van der Waals surface area contributed by atoms with Crippen molar-refractivity contribution < 1.29 is 23.8 Å². The monoisotopic (exact) mass is 591 g/mol. The number of halogens is 1. The second-order valence-electron chi connectivity index (χ2n) is 9.49. The predicted molar refractivity (Wildman–Crippen MR) is 157 cm³/mol. The van der Waals surface area contributed by atoms with Crippen molar-refractivity contribution in [3.8, 4) is 11.3 Å². The zero-order valence-electron chi connectivity index (χ0n) is 22.7. The van der Waals surface area contributed by atoms with Gasteiger partial charge in [0, 0.05) is 31.4 Å². The van der Waals surface area contributed by atoms with Crippen molar-refractivity contribution in [2.24, 2.45) is 4.99 Å². The first-order valence-corrected chi connectivity index (χ1v) is 13.9. The summed E-state index contributed by atoms with van der Waals surface area (Å²) in [6.07, 6.45) is 1.61. The van der Waals surface area contributed by atoms with Crippen LogP contribution in [0, 0.1) is 0 Å². The molecule has 0 unspecified atom stereocenters. The maximum atomic E-state index is 13.8. The Kier molecular flexibility index (Phi) is 7.70. The molecule has 1 aliphatic heterocycles. The number of esters is 1. The van der Waals surface area contributed by atoms with Crippen molar-refractivity contribution in [1.29, 1.82) is 0 Å². The largest absolute Gasteiger partial charge is 0.478 e. The van der Waals surface area contributed by atoms with Crippen LogP contribution >= 0.6 is 22.9 Å². The molecule has 4 aromatic rings. The van der Waals surface area contributed by atoms with Gasteiger partial charge in [-0.2, -0.15) is 0 Å². The summed E-state index contributed by atoms with van der Waals surface area (Å²) >= 11 is 7.18. The number of carbonyl (C=O) groups excluding carboxylic acids is 1. The summed E-state index contributed by atoms with van der Waals surface area (Å²) in [5, 5.41) is 9.51. The highest BCUT2D eigenvalue weighted by Gasteiger charge is 2.33. The molecule has 0 spiro atoms. The van der Waals surface area contributed by atoms with Gasteiger partial charge in [-0.25, -0.2) is 14.6 Å². The number of fused-ring (bicyclic) bond motifs is 1. The number of anilines is 1. The minimum absolute atomic E-state index is 0.0400. The molecule has 0 saturated heterocycles. The summed E-state index contributed by atoms with van der Waals surface area (Å²) in [5.74, 6) is -0.856. The van der Waals surface area contributed by atoms with Gasteiger partial charge >= 0.3 is 11.9 Å². The van der Waals surface area contributed by atoms with E-state index in [1.165, 1.54) is 28.0 Å². The highest BCUT2D eigenvalue weighted by Crippen LogP contribution is 2.32. The number of hydrogen-bond acceptors (Lipinski definition) is 8. The lowest BCUT2D eigenvalue weighted by Crippen LogP contribution is -2.39. The van der Waals surface area contributed by atoms with Crippen molar-refractivity contribution in [3.05, 3.63) is 107 Å². The molecule has 2 aromatic heterocycles. The van der Waals surface area contributed by atoms with Crippen molar-refractivity contribution in [2.75, 3.05) is 25.6 Å². The first-order valence-electron chi connectivity index (χ1n) is 12.7. The Morgan fingerprint density at radius 1 is 1.17 bits per heavy atom. The minimum Gasteiger partial charge on any atom is -0.478 e. The van der Waals surface area contributed by atoms with Gasteiger partial charge in [0.2, 0.25) is 0 Å². The van der Waals surface area contributed by atoms with Crippen LogP contribution in [0.1, 0.15) is 41.6 Å². The molecule has 2 aromatic carbocycles. The van der Waals surface area contributed by atoms with Gasteiger partial charge in [-0.05, 0) is 61.9 Å². The maximum Gasteiger partial charge on any atom is 0.338 e. The maximum absolute atomic E-state index is 13.8. The second-order valence-corrected chi connectivity index (χ2v) is 10.9. The van der Waals surface area contributed by atoms with Gasteiger partial charge in [-0.1, -0.05) is 35.1 Å². The lowest BCUT2D eigenvalue weighted by Gasteiger charge is -2.25. The predicted octanol–water partition coefficient (Wildman–Crippen LogP) is 4.48. The zero-order chi connectivity index (χ0) is 29.4. The number of carbonyl (C=O) groups is 2. The summed E-state index contributed by atoms with van der Waals surface area (Å²) < 4.78 is 13.2. The van der Waals surface area contributed by atoms with Crippen LogP contribution in [0.4, 0.5) is 5.69 Å². The number of aromatic carboxylic acids is 1. The molecule has 1 atom stereocenters. The smallest absolute Gasteiger partial charge is 0.338 e. The van der Waals surface area contributed by atoms with Crippen molar-refractivity contribution in [2.45, 2.75) is 19.9 Å². The summed E-state index contributed by atoms with van der Waals surface area (Å²) in [6.45, 7) is 3.66. The van der Waals surface area contributed by atoms with Gasteiger partial charge in [0.1, 0.15) is 11.5 Å². The van der Waals surface area contributed by atoms with Crippen molar-refractivity contribution in [1.82, 2.24) is 4.57 Å². The molecule has 9 nitrogen and oxygen atoms in total. The molecule has 1 N–H and O–H groups in total. The van der Waals surface area contributed by atoms with Crippen LogP contribution in [-0.2, 0) is 9.53 Å². The lowest BCUT2D eigenvalue weighted by molar-refractivity contribution is -0.139. The second kappa shape index (κ2) is 11.2. The van der Waals surface area contributed by atoms with E-state index in [1.807, 2.05) is 43.3 Å². The molecule has 3 heterocycles. The van der Waals surface area contributed by atoms with E-state index in [0.29, 0.717) is 37.7 Å². The normalized spacial score (nSPS) is 15.0. The Hall–Kier alpha value is -4.41. The molecule has 0 amide bonds. The summed E-state index contributed by atoms with van der Waals surface area (Å²) in [4.78, 5) is 45.4. The van der Waals surface area contributed by atoms with Crippen LogP contribution in [-0.4, -0.2) is 42.3 Å². The molecule has 1 aliphatic rings. The Morgan fingerprint density at radius 3 is 2.56 bits per heavy atom. The van der Waals surface area contributed by atoms with E-state index in [2.05, 4.69) is 4.99 Å². The van der Waals surface area contributed by atoms with Crippen molar-refractivity contribution >= 4 is 46.6 Å². The van der Waals surface area contributed by atoms with Gasteiger partial charge < -0.3 is 19.2 Å². The molecule has 0 saturated carbocycles. The molecule has 5 rings (SSSR count). The zero-order valence-corrected chi connectivity index (χ0v) is 24.2. The molecule has 11 heteroatoms. The van der Waals surface area contributed by atoms with E-state index in [-0.39, 0.29) is 22.8 Å². The third kappa shape index (κ3) is 5.36. The number of benzene rings is 2. The molecule has 0 bridgehead atoms. The molecule has 210 valence electrons. The lowest BCUT2D eigenvalue weighted by atomic mass is 9.95. The number of aromatic nitrogens is 1. The quantitative estimate of drug-likeness (QED) is 0.315. The number of hydrogen-bond donors (Lipinski definition) is 1. The van der Waals surface area contributed by atoms with Crippen LogP contribution in [0.15, 0.2) is 80.1 Å². The van der Waals surface area contributed by atoms with E-state index in [1.54, 1.807) is 38.1 Å². The van der Waals surface area contributed by atoms with Gasteiger partial charge in [0.05, 0.1) is 39.0 Å². The highest BCUT2D eigenvalue weighted by molar-refractivity contribution is 7.07. The number of carboxylic acid groups (broad SMARTS) is 1. The van der Waals surface area contributed by atoms with Crippen LogP contribution in [0.5, 0.6) is 0 Å². The molecule has 0 radical (unpaired) electrons. The standard InChI is InChI=1S/C30H26ClN3O6S/c1-5-39-29(38)25-16(2)32-30-34(26(25)17-6-9-19(10-7-17)33(3)4)27(35)24(41-30)15-20-11-13-23(40-20)18-8-12-22(31)21(14-18)28(36)37/h6-15,26H,5H2,1-4H3,(H,36,37)/b24-15-/t26-/m0/s1. The number of rotatable bonds is 7. The van der Waals surface area contributed by atoms with E-state index in [9.17, 15) is 19.5 Å². The van der Waals surface area contributed by atoms with E-state index in [0.717, 1.165) is 11.3 Å². The summed E-state index contributed by atoms with van der Waals surface area (Å²) in [5.41, 5.74) is 2.67. The number of ether oxygens (including phenoxy) is 1. The van der Waals surface area contributed by atoms with Crippen molar-refractivity contribution in [3.63, 3.8) is 0 Å². The fourth-order valence-corrected chi connectivity index (χ4v) is 5.84. The van der Waals surface area contributed by atoms with E-state index >= 15 is 0 Å².